The van der Waals surface area contributed by atoms with Gasteiger partial charge in [-0.05, 0) is 40.6 Å². The maximum atomic E-state index is 12.5. The van der Waals surface area contributed by atoms with Gasteiger partial charge in [0.25, 0.3) is 0 Å². The van der Waals surface area contributed by atoms with Crippen LogP contribution >= 0.6 is 11.3 Å². The van der Waals surface area contributed by atoms with Gasteiger partial charge >= 0.3 is 0 Å². The quantitative estimate of drug-likeness (QED) is 0.583. The van der Waals surface area contributed by atoms with Crippen molar-refractivity contribution < 1.29 is 14.3 Å². The summed E-state index contributed by atoms with van der Waals surface area (Å²) in [5.74, 6) is 1.73. The average molecular weight is 409 g/mol. The van der Waals surface area contributed by atoms with Crippen LogP contribution in [0.25, 0.3) is 0 Å². The molecule has 5 nitrogen and oxygen atoms in total. The van der Waals surface area contributed by atoms with Crippen LogP contribution in [0.5, 0.6) is 11.5 Å². The molecule has 4 rings (SSSR count). The number of amides is 1. The lowest BCUT2D eigenvalue weighted by atomic mass is 9.98. The summed E-state index contributed by atoms with van der Waals surface area (Å²) in [5, 5.41) is 8.37. The number of carbonyl (C=O) groups excluding carboxylic acids is 1. The van der Waals surface area contributed by atoms with E-state index in [4.69, 9.17) is 9.47 Å². The lowest BCUT2D eigenvalue weighted by Gasteiger charge is -2.19. The van der Waals surface area contributed by atoms with Gasteiger partial charge in [0.15, 0.2) is 11.5 Å². The molecule has 0 saturated carbocycles. The van der Waals surface area contributed by atoms with Crippen molar-refractivity contribution in [1.29, 1.82) is 0 Å². The first-order valence-corrected chi connectivity index (χ1v) is 10.5. The highest BCUT2D eigenvalue weighted by Crippen LogP contribution is 2.34. The van der Waals surface area contributed by atoms with Gasteiger partial charge in [0.1, 0.15) is 0 Å². The fourth-order valence-electron chi connectivity index (χ4n) is 3.29. The molecule has 0 spiro atoms. The fourth-order valence-corrected chi connectivity index (χ4v) is 4.11. The minimum atomic E-state index is -0.107. The van der Waals surface area contributed by atoms with Gasteiger partial charge in [-0.1, -0.05) is 44.2 Å². The largest absolute Gasteiger partial charge is 0.454 e. The summed E-state index contributed by atoms with van der Waals surface area (Å²) in [6.45, 7) is 4.78. The first kappa shape index (κ1) is 19.5. The SMILES string of the molecule is CC(C)c1ccc([C@@H](NCC(=O)Nc2ccc3c(c2)OCO3)c2cccs2)cc1. The van der Waals surface area contributed by atoms with Gasteiger partial charge in [-0.2, -0.15) is 0 Å². The molecule has 0 unspecified atom stereocenters. The van der Waals surface area contributed by atoms with Crippen molar-refractivity contribution in [3.8, 4) is 11.5 Å². The van der Waals surface area contributed by atoms with Crippen molar-refractivity contribution >= 4 is 22.9 Å². The van der Waals surface area contributed by atoms with Gasteiger partial charge in [-0.25, -0.2) is 0 Å². The molecule has 1 amide bonds. The van der Waals surface area contributed by atoms with E-state index in [1.165, 1.54) is 10.4 Å². The number of benzene rings is 2. The molecule has 0 radical (unpaired) electrons. The number of nitrogens with one attached hydrogen (secondary N) is 2. The van der Waals surface area contributed by atoms with Crippen LogP contribution in [0.15, 0.2) is 60.0 Å². The molecule has 6 heteroatoms. The standard InChI is InChI=1S/C23H24N2O3S/c1-15(2)16-5-7-17(8-6-16)23(21-4-3-11-29-21)24-13-22(26)25-18-9-10-19-20(12-18)28-14-27-19/h3-12,15,23-24H,13-14H2,1-2H3,(H,25,26)/t23-/m1/s1. The van der Waals surface area contributed by atoms with Crippen molar-refractivity contribution in [2.24, 2.45) is 0 Å². The molecular formula is C23H24N2O3S. The Morgan fingerprint density at radius 2 is 1.79 bits per heavy atom. The summed E-state index contributed by atoms with van der Waals surface area (Å²) in [5.41, 5.74) is 3.14. The lowest BCUT2D eigenvalue weighted by molar-refractivity contribution is -0.115. The Hall–Kier alpha value is -2.83. The molecule has 2 N–H and O–H groups in total. The lowest BCUT2D eigenvalue weighted by Crippen LogP contribution is -2.31. The molecule has 29 heavy (non-hydrogen) atoms. The zero-order valence-electron chi connectivity index (χ0n) is 16.5. The first-order chi connectivity index (χ1) is 14.1. The number of rotatable bonds is 7. The van der Waals surface area contributed by atoms with Crippen molar-refractivity contribution in [3.63, 3.8) is 0 Å². The van der Waals surface area contributed by atoms with Crippen molar-refractivity contribution in [2.45, 2.75) is 25.8 Å². The Morgan fingerprint density at radius 1 is 1.03 bits per heavy atom. The summed E-state index contributed by atoms with van der Waals surface area (Å²) < 4.78 is 10.7. The highest BCUT2D eigenvalue weighted by atomic mass is 32.1. The highest BCUT2D eigenvalue weighted by Gasteiger charge is 2.18. The van der Waals surface area contributed by atoms with E-state index in [0.29, 0.717) is 23.1 Å². The second-order valence-electron chi connectivity index (χ2n) is 7.27. The molecule has 1 atom stereocenters. The monoisotopic (exact) mass is 408 g/mol. The molecular weight excluding hydrogens is 384 g/mol. The predicted molar refractivity (Wildman–Crippen MR) is 116 cm³/mol. The van der Waals surface area contributed by atoms with Crippen LogP contribution in [-0.2, 0) is 4.79 Å². The second-order valence-corrected chi connectivity index (χ2v) is 8.25. The van der Waals surface area contributed by atoms with E-state index >= 15 is 0 Å². The van der Waals surface area contributed by atoms with Gasteiger partial charge in [0.2, 0.25) is 12.7 Å². The number of carbonyl (C=O) groups is 1. The third-order valence-electron chi connectivity index (χ3n) is 4.89. The molecule has 0 saturated heterocycles. The molecule has 2 aromatic carbocycles. The van der Waals surface area contributed by atoms with Crippen LogP contribution in [0.1, 0.15) is 41.8 Å². The third kappa shape index (κ3) is 4.60. The minimum Gasteiger partial charge on any atom is -0.454 e. The zero-order valence-corrected chi connectivity index (χ0v) is 17.3. The Labute approximate surface area is 174 Å². The second kappa shape index (κ2) is 8.68. The maximum absolute atomic E-state index is 12.5. The van der Waals surface area contributed by atoms with Crippen LogP contribution < -0.4 is 20.1 Å². The van der Waals surface area contributed by atoms with E-state index in [2.05, 4.69) is 60.2 Å². The minimum absolute atomic E-state index is 0.0290. The summed E-state index contributed by atoms with van der Waals surface area (Å²) in [6.07, 6.45) is 0. The van der Waals surface area contributed by atoms with E-state index in [1.807, 2.05) is 12.1 Å². The van der Waals surface area contributed by atoms with Crippen molar-refractivity contribution in [1.82, 2.24) is 5.32 Å². The number of hydrogen-bond acceptors (Lipinski definition) is 5. The maximum Gasteiger partial charge on any atom is 0.238 e. The van der Waals surface area contributed by atoms with E-state index < -0.39 is 0 Å². The van der Waals surface area contributed by atoms with Crippen LogP contribution in [0, 0.1) is 0 Å². The Morgan fingerprint density at radius 3 is 2.52 bits per heavy atom. The molecule has 2 heterocycles. The van der Waals surface area contributed by atoms with Gasteiger partial charge in [-0.3, -0.25) is 10.1 Å². The van der Waals surface area contributed by atoms with Crippen LogP contribution in [0.2, 0.25) is 0 Å². The van der Waals surface area contributed by atoms with Gasteiger partial charge < -0.3 is 14.8 Å². The van der Waals surface area contributed by atoms with Crippen molar-refractivity contribution in [3.05, 3.63) is 76.0 Å². The van der Waals surface area contributed by atoms with E-state index in [0.717, 1.165) is 5.56 Å². The summed E-state index contributed by atoms with van der Waals surface area (Å²) in [7, 11) is 0. The third-order valence-corrected chi connectivity index (χ3v) is 5.82. The van der Waals surface area contributed by atoms with E-state index in [9.17, 15) is 4.79 Å². The normalized spacial score (nSPS) is 13.5. The van der Waals surface area contributed by atoms with E-state index in [-0.39, 0.29) is 25.3 Å². The molecule has 1 aromatic heterocycles. The fraction of sp³-hybridized carbons (Fsp3) is 0.261. The molecule has 0 aliphatic carbocycles. The topological polar surface area (TPSA) is 59.6 Å². The highest BCUT2D eigenvalue weighted by molar-refractivity contribution is 7.10. The number of anilines is 1. The molecule has 1 aliphatic rings. The molecule has 3 aromatic rings. The number of ether oxygens (including phenoxy) is 2. The molecule has 1 aliphatic heterocycles. The Kier molecular flexibility index (Phi) is 5.83. The predicted octanol–water partition coefficient (Wildman–Crippen LogP) is 4.92. The summed E-state index contributed by atoms with van der Waals surface area (Å²) in [6, 6.07) is 18.1. The van der Waals surface area contributed by atoms with Gasteiger partial charge in [0, 0.05) is 16.6 Å². The van der Waals surface area contributed by atoms with Gasteiger partial charge in [0.05, 0.1) is 12.6 Å². The van der Waals surface area contributed by atoms with Crippen LogP contribution in [-0.4, -0.2) is 19.2 Å². The zero-order chi connectivity index (χ0) is 20.2. The Bertz CT molecular complexity index is 968. The molecule has 0 fully saturated rings. The van der Waals surface area contributed by atoms with Crippen LogP contribution in [0.3, 0.4) is 0 Å². The molecule has 0 bridgehead atoms. The van der Waals surface area contributed by atoms with Gasteiger partial charge in [-0.15, -0.1) is 11.3 Å². The van der Waals surface area contributed by atoms with Crippen molar-refractivity contribution in [2.75, 3.05) is 18.7 Å². The first-order valence-electron chi connectivity index (χ1n) is 9.66. The van der Waals surface area contributed by atoms with Crippen LogP contribution in [0.4, 0.5) is 5.69 Å². The summed E-state index contributed by atoms with van der Waals surface area (Å²) >= 11 is 1.68. The summed E-state index contributed by atoms with van der Waals surface area (Å²) in [4.78, 5) is 13.7. The van der Waals surface area contributed by atoms with E-state index in [1.54, 1.807) is 23.5 Å². The number of thiophene rings is 1. The number of hydrogen-bond donors (Lipinski definition) is 2. The Balaban J connectivity index is 1.43. The molecule has 150 valence electrons. The average Bonchev–Trinajstić information content (AvgIpc) is 3.40. The smallest absolute Gasteiger partial charge is 0.238 e. The number of fused-ring (bicyclic) bond motifs is 1.